The molecule has 0 saturated heterocycles. The lowest BCUT2D eigenvalue weighted by Crippen LogP contribution is -1.99. The van der Waals surface area contributed by atoms with Gasteiger partial charge in [0.2, 0.25) is 0 Å². The summed E-state index contributed by atoms with van der Waals surface area (Å²) >= 11 is 6.47. The van der Waals surface area contributed by atoms with E-state index in [0.717, 1.165) is 6.42 Å². The van der Waals surface area contributed by atoms with Crippen molar-refractivity contribution in [1.29, 1.82) is 0 Å². The Labute approximate surface area is 123 Å². The molecular formula is C17H16ClFO. The fourth-order valence-corrected chi connectivity index (χ4v) is 3.17. The molecule has 1 saturated carbocycles. The van der Waals surface area contributed by atoms with Crippen LogP contribution in [0.4, 0.5) is 4.39 Å². The number of rotatable bonds is 4. The summed E-state index contributed by atoms with van der Waals surface area (Å²) in [6.45, 7) is 0. The lowest BCUT2D eigenvalue weighted by atomic mass is 10.0. The smallest absolute Gasteiger partial charge is 0.131 e. The SMILES string of the molecule is COc1ccc(C(Cl)C2CC2c2ccccc2)c(F)c1. The number of hydrogen-bond acceptors (Lipinski definition) is 1. The quantitative estimate of drug-likeness (QED) is 0.726. The van der Waals surface area contributed by atoms with Gasteiger partial charge in [0, 0.05) is 11.6 Å². The van der Waals surface area contributed by atoms with Crippen LogP contribution < -0.4 is 4.74 Å². The first-order chi connectivity index (χ1) is 9.70. The van der Waals surface area contributed by atoms with Gasteiger partial charge in [0.15, 0.2) is 0 Å². The Morgan fingerprint density at radius 1 is 1.20 bits per heavy atom. The maximum Gasteiger partial charge on any atom is 0.131 e. The van der Waals surface area contributed by atoms with Crippen molar-refractivity contribution in [3.05, 3.63) is 65.5 Å². The van der Waals surface area contributed by atoms with Crippen molar-refractivity contribution >= 4 is 11.6 Å². The zero-order valence-electron chi connectivity index (χ0n) is 11.2. The van der Waals surface area contributed by atoms with Crippen molar-refractivity contribution in [1.82, 2.24) is 0 Å². The molecule has 0 radical (unpaired) electrons. The van der Waals surface area contributed by atoms with Gasteiger partial charge in [0.1, 0.15) is 11.6 Å². The minimum atomic E-state index is -0.289. The molecule has 1 aliphatic rings. The van der Waals surface area contributed by atoms with Crippen LogP contribution in [0.3, 0.4) is 0 Å². The highest BCUT2D eigenvalue weighted by molar-refractivity contribution is 6.21. The molecule has 2 aromatic carbocycles. The standard InChI is InChI=1S/C17H16ClFO/c1-20-12-7-8-13(16(19)9-12)17(18)15-10-14(15)11-5-3-2-4-6-11/h2-9,14-15,17H,10H2,1H3. The second-order valence-electron chi connectivity index (χ2n) is 5.21. The van der Waals surface area contributed by atoms with Crippen LogP contribution in [-0.2, 0) is 0 Å². The lowest BCUT2D eigenvalue weighted by Gasteiger charge is -2.12. The van der Waals surface area contributed by atoms with Crippen molar-refractivity contribution in [2.24, 2.45) is 5.92 Å². The predicted molar refractivity (Wildman–Crippen MR) is 78.8 cm³/mol. The fraction of sp³-hybridized carbons (Fsp3) is 0.294. The molecule has 0 bridgehead atoms. The largest absolute Gasteiger partial charge is 0.497 e. The van der Waals surface area contributed by atoms with Gasteiger partial charge in [-0.05, 0) is 29.9 Å². The Balaban J connectivity index is 1.76. The molecule has 0 aliphatic heterocycles. The number of hydrogen-bond donors (Lipinski definition) is 0. The zero-order valence-corrected chi connectivity index (χ0v) is 12.0. The van der Waals surface area contributed by atoms with Gasteiger partial charge >= 0.3 is 0 Å². The van der Waals surface area contributed by atoms with Crippen LogP contribution in [0.1, 0.15) is 28.8 Å². The van der Waals surface area contributed by atoms with E-state index < -0.39 is 0 Å². The Morgan fingerprint density at radius 3 is 2.60 bits per heavy atom. The molecular weight excluding hydrogens is 275 g/mol. The van der Waals surface area contributed by atoms with Crippen LogP contribution in [0.15, 0.2) is 48.5 Å². The van der Waals surface area contributed by atoms with Gasteiger partial charge in [-0.3, -0.25) is 0 Å². The maximum atomic E-state index is 14.0. The average Bonchev–Trinajstić information content (AvgIpc) is 3.28. The first-order valence-corrected chi connectivity index (χ1v) is 7.17. The normalized spacial score (nSPS) is 22.4. The molecule has 2 aromatic rings. The molecule has 0 spiro atoms. The molecule has 3 unspecified atom stereocenters. The number of halogens is 2. The first kappa shape index (κ1) is 13.4. The first-order valence-electron chi connectivity index (χ1n) is 6.73. The summed E-state index contributed by atoms with van der Waals surface area (Å²) < 4.78 is 19.1. The van der Waals surface area contributed by atoms with E-state index in [-0.39, 0.29) is 11.2 Å². The summed E-state index contributed by atoms with van der Waals surface area (Å²) in [6.07, 6.45) is 1.02. The molecule has 1 aliphatic carbocycles. The molecule has 3 rings (SSSR count). The van der Waals surface area contributed by atoms with Gasteiger partial charge in [-0.2, -0.15) is 0 Å². The Morgan fingerprint density at radius 2 is 1.95 bits per heavy atom. The van der Waals surface area contributed by atoms with E-state index in [9.17, 15) is 4.39 Å². The molecule has 0 N–H and O–H groups in total. The van der Waals surface area contributed by atoms with Gasteiger partial charge in [0.05, 0.1) is 12.5 Å². The summed E-state index contributed by atoms with van der Waals surface area (Å²) in [7, 11) is 1.53. The topological polar surface area (TPSA) is 9.23 Å². The third kappa shape index (κ3) is 2.53. The van der Waals surface area contributed by atoms with Crippen LogP contribution in [0.5, 0.6) is 5.75 Å². The van der Waals surface area contributed by atoms with Gasteiger partial charge in [-0.15, -0.1) is 11.6 Å². The Kier molecular flexibility index (Phi) is 3.66. The number of methoxy groups -OCH3 is 1. The van der Waals surface area contributed by atoms with Gasteiger partial charge in [0.25, 0.3) is 0 Å². The number of ether oxygens (including phenoxy) is 1. The minimum Gasteiger partial charge on any atom is -0.497 e. The van der Waals surface area contributed by atoms with E-state index in [1.165, 1.54) is 18.7 Å². The summed E-state index contributed by atoms with van der Waals surface area (Å²) in [5.41, 5.74) is 1.85. The number of alkyl halides is 1. The summed E-state index contributed by atoms with van der Waals surface area (Å²) in [6, 6.07) is 15.2. The number of benzene rings is 2. The molecule has 3 heteroatoms. The van der Waals surface area contributed by atoms with E-state index in [2.05, 4.69) is 12.1 Å². The van der Waals surface area contributed by atoms with Crippen LogP contribution in [0.25, 0.3) is 0 Å². The molecule has 0 amide bonds. The van der Waals surface area contributed by atoms with Crippen molar-refractivity contribution in [2.75, 3.05) is 7.11 Å². The van der Waals surface area contributed by atoms with E-state index in [4.69, 9.17) is 16.3 Å². The van der Waals surface area contributed by atoms with Crippen molar-refractivity contribution in [3.8, 4) is 5.75 Å². The van der Waals surface area contributed by atoms with Crippen molar-refractivity contribution in [3.63, 3.8) is 0 Å². The third-order valence-corrected chi connectivity index (χ3v) is 4.51. The zero-order chi connectivity index (χ0) is 14.1. The highest BCUT2D eigenvalue weighted by Crippen LogP contribution is 2.56. The molecule has 20 heavy (non-hydrogen) atoms. The summed E-state index contributed by atoms with van der Waals surface area (Å²) in [5.74, 6) is 0.982. The van der Waals surface area contributed by atoms with Crippen LogP contribution >= 0.6 is 11.6 Å². The van der Waals surface area contributed by atoms with Crippen LogP contribution in [-0.4, -0.2) is 7.11 Å². The molecule has 0 heterocycles. The van der Waals surface area contributed by atoms with Gasteiger partial charge in [-0.25, -0.2) is 4.39 Å². The molecule has 104 valence electrons. The summed E-state index contributed by atoms with van der Waals surface area (Å²) in [5, 5.41) is -0.286. The molecule has 3 atom stereocenters. The fourth-order valence-electron chi connectivity index (χ4n) is 2.71. The van der Waals surface area contributed by atoms with E-state index in [0.29, 0.717) is 23.1 Å². The lowest BCUT2D eigenvalue weighted by molar-refractivity contribution is 0.410. The van der Waals surface area contributed by atoms with E-state index in [1.807, 2.05) is 18.2 Å². The van der Waals surface area contributed by atoms with Crippen LogP contribution in [0.2, 0.25) is 0 Å². The highest BCUT2D eigenvalue weighted by atomic mass is 35.5. The Hall–Kier alpha value is -1.54. The Bertz CT molecular complexity index is 599. The van der Waals surface area contributed by atoms with Gasteiger partial charge < -0.3 is 4.74 Å². The van der Waals surface area contributed by atoms with Gasteiger partial charge in [-0.1, -0.05) is 36.4 Å². The van der Waals surface area contributed by atoms with E-state index >= 15 is 0 Å². The predicted octanol–water partition coefficient (Wildman–Crippen LogP) is 4.92. The minimum absolute atomic E-state index is 0.286. The van der Waals surface area contributed by atoms with Crippen molar-refractivity contribution in [2.45, 2.75) is 17.7 Å². The third-order valence-electron chi connectivity index (χ3n) is 3.95. The average molecular weight is 291 g/mol. The second-order valence-corrected chi connectivity index (χ2v) is 5.68. The highest BCUT2D eigenvalue weighted by Gasteiger charge is 2.44. The molecule has 1 fully saturated rings. The second kappa shape index (κ2) is 5.45. The summed E-state index contributed by atoms with van der Waals surface area (Å²) in [4.78, 5) is 0. The molecule has 1 nitrogen and oxygen atoms in total. The van der Waals surface area contributed by atoms with Crippen LogP contribution in [0, 0.1) is 11.7 Å². The van der Waals surface area contributed by atoms with E-state index in [1.54, 1.807) is 12.1 Å². The molecule has 0 aromatic heterocycles. The maximum absolute atomic E-state index is 14.0. The van der Waals surface area contributed by atoms with Crippen molar-refractivity contribution < 1.29 is 9.13 Å². The monoisotopic (exact) mass is 290 g/mol.